The lowest BCUT2D eigenvalue weighted by molar-refractivity contribution is -0.385. The molecule has 1 N–H and O–H groups in total. The van der Waals surface area contributed by atoms with Crippen LogP contribution >= 0.6 is 0 Å². The number of nitro benzene ring substituents is 1. The molecule has 0 aromatic heterocycles. The fraction of sp³-hybridized carbons (Fsp3) is 0.176. The molecular weight excluding hydrogens is 344 g/mol. The molecule has 26 heavy (non-hydrogen) atoms. The third kappa shape index (κ3) is 3.72. The molecule has 134 valence electrons. The zero-order valence-electron chi connectivity index (χ0n) is 13.7. The van der Waals surface area contributed by atoms with E-state index in [0.717, 1.165) is 0 Å². The Hall–Kier alpha value is -3.62. The standard InChI is InChI=1S/C17H14N2O7/c1-10-6-11(2-4-13(10)19(22)23)17(21)24-8-16(20)18-12-3-5-14-15(7-12)26-9-25-14/h2-7H,8-9H2,1H3,(H,18,20). The van der Waals surface area contributed by atoms with Crippen LogP contribution in [0.2, 0.25) is 0 Å². The van der Waals surface area contributed by atoms with Gasteiger partial charge in [-0.05, 0) is 31.2 Å². The summed E-state index contributed by atoms with van der Waals surface area (Å²) in [4.78, 5) is 34.1. The molecule has 0 unspecified atom stereocenters. The maximum absolute atomic E-state index is 12.0. The summed E-state index contributed by atoms with van der Waals surface area (Å²) < 4.78 is 15.3. The van der Waals surface area contributed by atoms with Crippen LogP contribution in [0.5, 0.6) is 11.5 Å². The molecule has 3 rings (SSSR count). The lowest BCUT2D eigenvalue weighted by Crippen LogP contribution is -2.21. The molecule has 0 bridgehead atoms. The van der Waals surface area contributed by atoms with Gasteiger partial charge >= 0.3 is 5.97 Å². The summed E-state index contributed by atoms with van der Waals surface area (Å²) in [7, 11) is 0. The van der Waals surface area contributed by atoms with Crippen molar-refractivity contribution >= 4 is 23.3 Å². The number of esters is 1. The van der Waals surface area contributed by atoms with Crippen molar-refractivity contribution in [2.24, 2.45) is 0 Å². The number of anilines is 1. The van der Waals surface area contributed by atoms with Crippen LogP contribution < -0.4 is 14.8 Å². The summed E-state index contributed by atoms with van der Waals surface area (Å²) in [5, 5.41) is 13.4. The molecule has 2 aromatic carbocycles. The predicted molar refractivity (Wildman–Crippen MR) is 89.3 cm³/mol. The number of amides is 1. The Labute approximate surface area is 147 Å². The molecule has 9 nitrogen and oxygen atoms in total. The molecule has 9 heteroatoms. The van der Waals surface area contributed by atoms with Crippen LogP contribution in [0.4, 0.5) is 11.4 Å². The van der Waals surface area contributed by atoms with E-state index in [0.29, 0.717) is 22.7 Å². The number of fused-ring (bicyclic) bond motifs is 1. The lowest BCUT2D eigenvalue weighted by atomic mass is 10.1. The van der Waals surface area contributed by atoms with E-state index in [1.54, 1.807) is 18.2 Å². The highest BCUT2D eigenvalue weighted by atomic mass is 16.7. The van der Waals surface area contributed by atoms with Crippen molar-refractivity contribution in [1.82, 2.24) is 0 Å². The van der Waals surface area contributed by atoms with Crippen LogP contribution in [0.1, 0.15) is 15.9 Å². The molecule has 1 heterocycles. The Morgan fingerprint density at radius 3 is 2.69 bits per heavy atom. The normalized spacial score (nSPS) is 11.7. The summed E-state index contributed by atoms with van der Waals surface area (Å²) in [6.07, 6.45) is 0. The number of nitrogens with zero attached hydrogens (tertiary/aromatic N) is 1. The molecule has 0 atom stereocenters. The third-order valence-corrected chi connectivity index (χ3v) is 3.62. The van der Waals surface area contributed by atoms with Crippen molar-refractivity contribution in [3.05, 3.63) is 57.6 Å². The topological polar surface area (TPSA) is 117 Å². The van der Waals surface area contributed by atoms with Crippen molar-refractivity contribution < 1.29 is 28.7 Å². The van der Waals surface area contributed by atoms with E-state index >= 15 is 0 Å². The van der Waals surface area contributed by atoms with Gasteiger partial charge < -0.3 is 19.5 Å². The first kappa shape index (κ1) is 17.2. The number of carbonyl (C=O) groups excluding carboxylic acids is 2. The number of carbonyl (C=O) groups is 2. The SMILES string of the molecule is Cc1cc(C(=O)OCC(=O)Nc2ccc3c(c2)OCO3)ccc1[N+](=O)[O-]. The van der Waals surface area contributed by atoms with Crippen molar-refractivity contribution in [2.45, 2.75) is 6.92 Å². The van der Waals surface area contributed by atoms with Crippen LogP contribution in [-0.4, -0.2) is 30.2 Å². The van der Waals surface area contributed by atoms with Gasteiger partial charge in [0.1, 0.15) is 0 Å². The number of aryl methyl sites for hydroxylation is 1. The molecule has 1 amide bonds. The molecule has 0 saturated carbocycles. The van der Waals surface area contributed by atoms with E-state index in [4.69, 9.17) is 14.2 Å². The molecule has 0 fully saturated rings. The molecule has 1 aliphatic rings. The van der Waals surface area contributed by atoms with Gasteiger partial charge in [-0.2, -0.15) is 0 Å². The van der Waals surface area contributed by atoms with Gasteiger partial charge in [0, 0.05) is 23.4 Å². The van der Waals surface area contributed by atoms with Crippen molar-refractivity contribution in [3.8, 4) is 11.5 Å². The van der Waals surface area contributed by atoms with Gasteiger partial charge in [0.2, 0.25) is 6.79 Å². The minimum absolute atomic E-state index is 0.0953. The van der Waals surface area contributed by atoms with Crippen LogP contribution in [0.15, 0.2) is 36.4 Å². The largest absolute Gasteiger partial charge is 0.454 e. The minimum atomic E-state index is -0.746. The van der Waals surface area contributed by atoms with Gasteiger partial charge in [0.25, 0.3) is 11.6 Å². The van der Waals surface area contributed by atoms with Crippen LogP contribution in [0, 0.1) is 17.0 Å². The maximum atomic E-state index is 12.0. The number of ether oxygens (including phenoxy) is 3. The van der Waals surface area contributed by atoms with Crippen molar-refractivity contribution in [1.29, 1.82) is 0 Å². The zero-order chi connectivity index (χ0) is 18.7. The summed E-state index contributed by atoms with van der Waals surface area (Å²) >= 11 is 0. The molecule has 1 aliphatic heterocycles. The maximum Gasteiger partial charge on any atom is 0.338 e. The first-order valence-corrected chi connectivity index (χ1v) is 7.56. The number of hydrogen-bond donors (Lipinski definition) is 1. The molecule has 0 radical (unpaired) electrons. The number of hydrogen-bond acceptors (Lipinski definition) is 7. The van der Waals surface area contributed by atoms with Gasteiger partial charge in [0.05, 0.1) is 10.5 Å². The second-order valence-electron chi connectivity index (χ2n) is 5.45. The summed E-state index contributed by atoms with van der Waals surface area (Å²) in [5.74, 6) is -0.177. The molecule has 2 aromatic rings. The fourth-order valence-corrected chi connectivity index (χ4v) is 2.37. The van der Waals surface area contributed by atoms with E-state index < -0.39 is 23.4 Å². The predicted octanol–water partition coefficient (Wildman–Crippen LogP) is 2.43. The second-order valence-corrected chi connectivity index (χ2v) is 5.45. The summed E-state index contributed by atoms with van der Waals surface area (Å²) in [6, 6.07) is 8.73. The Morgan fingerprint density at radius 2 is 1.96 bits per heavy atom. The number of nitrogens with one attached hydrogen (secondary N) is 1. The van der Waals surface area contributed by atoms with Gasteiger partial charge in [-0.15, -0.1) is 0 Å². The Balaban J connectivity index is 1.56. The van der Waals surface area contributed by atoms with E-state index in [1.807, 2.05) is 0 Å². The first-order valence-electron chi connectivity index (χ1n) is 7.56. The zero-order valence-corrected chi connectivity index (χ0v) is 13.7. The molecule has 0 saturated heterocycles. The summed E-state index contributed by atoms with van der Waals surface area (Å²) in [6.45, 7) is 1.14. The smallest absolute Gasteiger partial charge is 0.338 e. The quantitative estimate of drug-likeness (QED) is 0.495. The van der Waals surface area contributed by atoms with E-state index in [1.165, 1.54) is 25.1 Å². The van der Waals surface area contributed by atoms with E-state index in [2.05, 4.69) is 5.32 Å². The van der Waals surface area contributed by atoms with Gasteiger partial charge in [-0.3, -0.25) is 14.9 Å². The third-order valence-electron chi connectivity index (χ3n) is 3.62. The Morgan fingerprint density at radius 1 is 1.19 bits per heavy atom. The van der Waals surface area contributed by atoms with Crippen molar-refractivity contribution in [2.75, 3.05) is 18.7 Å². The fourth-order valence-electron chi connectivity index (χ4n) is 2.37. The Bertz CT molecular complexity index is 895. The first-order chi connectivity index (χ1) is 12.4. The molecule has 0 spiro atoms. The number of benzene rings is 2. The molecular formula is C17H14N2O7. The highest BCUT2D eigenvalue weighted by molar-refractivity contribution is 5.95. The monoisotopic (exact) mass is 358 g/mol. The van der Waals surface area contributed by atoms with Gasteiger partial charge in [-0.1, -0.05) is 0 Å². The lowest BCUT2D eigenvalue weighted by Gasteiger charge is -2.08. The van der Waals surface area contributed by atoms with Crippen molar-refractivity contribution in [3.63, 3.8) is 0 Å². The van der Waals surface area contributed by atoms with Crippen LogP contribution in [0.3, 0.4) is 0 Å². The van der Waals surface area contributed by atoms with E-state index in [-0.39, 0.29) is 18.0 Å². The summed E-state index contributed by atoms with van der Waals surface area (Å²) in [5.41, 5.74) is 0.835. The Kier molecular flexibility index (Phi) is 4.70. The highest BCUT2D eigenvalue weighted by Gasteiger charge is 2.17. The van der Waals surface area contributed by atoms with E-state index in [9.17, 15) is 19.7 Å². The average Bonchev–Trinajstić information content (AvgIpc) is 3.07. The van der Waals surface area contributed by atoms with Crippen LogP contribution in [-0.2, 0) is 9.53 Å². The van der Waals surface area contributed by atoms with Gasteiger partial charge in [0.15, 0.2) is 18.1 Å². The number of nitro groups is 1. The molecule has 0 aliphatic carbocycles. The van der Waals surface area contributed by atoms with Crippen LogP contribution in [0.25, 0.3) is 0 Å². The average molecular weight is 358 g/mol. The highest BCUT2D eigenvalue weighted by Crippen LogP contribution is 2.34. The number of rotatable bonds is 5. The minimum Gasteiger partial charge on any atom is -0.454 e. The van der Waals surface area contributed by atoms with Gasteiger partial charge in [-0.25, -0.2) is 4.79 Å². The second kappa shape index (κ2) is 7.09.